The van der Waals surface area contributed by atoms with Crippen LogP contribution in [0.5, 0.6) is 0 Å². The summed E-state index contributed by atoms with van der Waals surface area (Å²) < 4.78 is 5.15. The van der Waals surface area contributed by atoms with E-state index in [1.165, 1.54) is 24.0 Å². The van der Waals surface area contributed by atoms with Crippen molar-refractivity contribution in [1.82, 2.24) is 10.2 Å². The van der Waals surface area contributed by atoms with Gasteiger partial charge < -0.3 is 15.0 Å². The molecule has 0 heterocycles. The number of rotatable bonds is 8. The van der Waals surface area contributed by atoms with Crippen molar-refractivity contribution in [2.24, 2.45) is 0 Å². The van der Waals surface area contributed by atoms with Crippen LogP contribution in [0.25, 0.3) is 0 Å². The molecule has 1 aliphatic carbocycles. The molecule has 1 fully saturated rings. The third-order valence-electron chi connectivity index (χ3n) is 3.44. The second kappa shape index (κ2) is 6.88. The lowest BCUT2D eigenvalue weighted by molar-refractivity contribution is 0.185. The molecule has 0 unspecified atom stereocenters. The van der Waals surface area contributed by atoms with Gasteiger partial charge in [-0.05, 0) is 31.0 Å². The third-order valence-corrected chi connectivity index (χ3v) is 3.44. The lowest BCUT2D eigenvalue weighted by Gasteiger charge is -2.15. The van der Waals surface area contributed by atoms with Crippen LogP contribution >= 0.6 is 0 Å². The molecule has 3 nitrogen and oxygen atoms in total. The lowest BCUT2D eigenvalue weighted by atomic mass is 10.1. The minimum Gasteiger partial charge on any atom is -0.380 e. The molecule has 0 aromatic heterocycles. The first-order chi connectivity index (χ1) is 8.79. The normalized spacial score (nSPS) is 15.3. The van der Waals surface area contributed by atoms with Crippen molar-refractivity contribution >= 4 is 0 Å². The monoisotopic (exact) mass is 248 g/mol. The zero-order chi connectivity index (χ0) is 12.8. The van der Waals surface area contributed by atoms with E-state index in [1.54, 1.807) is 7.11 Å². The summed E-state index contributed by atoms with van der Waals surface area (Å²) in [5.74, 6) is 0. The molecule has 0 aliphatic heterocycles. The van der Waals surface area contributed by atoms with Gasteiger partial charge in [-0.1, -0.05) is 24.3 Å². The summed E-state index contributed by atoms with van der Waals surface area (Å²) in [7, 11) is 3.96. The fourth-order valence-electron chi connectivity index (χ4n) is 2.18. The Kier molecular flexibility index (Phi) is 5.17. The average Bonchev–Trinajstić information content (AvgIpc) is 3.19. The molecule has 0 spiro atoms. The number of nitrogens with zero attached hydrogens (tertiary/aromatic N) is 1. The van der Waals surface area contributed by atoms with Crippen LogP contribution in [0, 0.1) is 0 Å². The Labute approximate surface area is 110 Å². The summed E-state index contributed by atoms with van der Waals surface area (Å²) >= 11 is 0. The fraction of sp³-hybridized carbons (Fsp3) is 0.600. The largest absolute Gasteiger partial charge is 0.380 e. The molecule has 1 aliphatic rings. The Balaban J connectivity index is 1.67. The molecular formula is C15H24N2O. The van der Waals surface area contributed by atoms with Crippen molar-refractivity contribution in [2.45, 2.75) is 32.0 Å². The predicted molar refractivity (Wildman–Crippen MR) is 74.5 cm³/mol. The van der Waals surface area contributed by atoms with Gasteiger partial charge in [0.1, 0.15) is 0 Å². The predicted octanol–water partition coefficient (Wildman–Crippen LogP) is 2.02. The minimum atomic E-state index is 0.693. The third kappa shape index (κ3) is 4.41. The first kappa shape index (κ1) is 13.5. The number of benzene rings is 1. The molecule has 1 aromatic carbocycles. The van der Waals surface area contributed by atoms with Crippen LogP contribution in [0.15, 0.2) is 24.3 Å². The molecule has 1 saturated carbocycles. The number of methoxy groups -OCH3 is 1. The van der Waals surface area contributed by atoms with E-state index in [2.05, 4.69) is 41.5 Å². The maximum Gasteiger partial charge on any atom is 0.0713 e. The van der Waals surface area contributed by atoms with E-state index in [-0.39, 0.29) is 0 Å². The van der Waals surface area contributed by atoms with Crippen LogP contribution in [0.4, 0.5) is 0 Å². The number of hydrogen-bond acceptors (Lipinski definition) is 3. The number of likely N-dealkylation sites (N-methyl/N-ethyl adjacent to an activating group) is 1. The van der Waals surface area contributed by atoms with Crippen LogP contribution in [-0.2, 0) is 17.9 Å². The van der Waals surface area contributed by atoms with Crippen LogP contribution < -0.4 is 5.32 Å². The summed E-state index contributed by atoms with van der Waals surface area (Å²) in [4.78, 5) is 2.45. The second-order valence-corrected chi connectivity index (χ2v) is 5.14. The molecule has 3 heteroatoms. The SMILES string of the molecule is COCc1cccc(CNCCN(C)C2CC2)c1. The van der Waals surface area contributed by atoms with Gasteiger partial charge >= 0.3 is 0 Å². The highest BCUT2D eigenvalue weighted by Crippen LogP contribution is 2.24. The van der Waals surface area contributed by atoms with Crippen LogP contribution in [0.3, 0.4) is 0 Å². The number of ether oxygens (including phenoxy) is 1. The highest BCUT2D eigenvalue weighted by Gasteiger charge is 2.25. The van der Waals surface area contributed by atoms with E-state index >= 15 is 0 Å². The zero-order valence-electron chi connectivity index (χ0n) is 11.5. The van der Waals surface area contributed by atoms with Crippen LogP contribution in [-0.4, -0.2) is 38.2 Å². The minimum absolute atomic E-state index is 0.693. The maximum absolute atomic E-state index is 5.15. The summed E-state index contributed by atoms with van der Waals surface area (Å²) in [6.45, 7) is 3.83. The molecule has 18 heavy (non-hydrogen) atoms. The van der Waals surface area contributed by atoms with E-state index in [4.69, 9.17) is 4.74 Å². The molecule has 0 radical (unpaired) electrons. The van der Waals surface area contributed by atoms with Crippen molar-refractivity contribution in [3.8, 4) is 0 Å². The van der Waals surface area contributed by atoms with Crippen molar-refractivity contribution in [3.63, 3.8) is 0 Å². The summed E-state index contributed by atoms with van der Waals surface area (Å²) in [5, 5.41) is 3.50. The quantitative estimate of drug-likeness (QED) is 0.712. The lowest BCUT2D eigenvalue weighted by Crippen LogP contribution is -2.30. The van der Waals surface area contributed by atoms with Gasteiger partial charge in [-0.2, -0.15) is 0 Å². The molecule has 1 N–H and O–H groups in total. The molecule has 0 amide bonds. The summed E-state index contributed by atoms with van der Waals surface area (Å²) in [5.41, 5.74) is 2.57. The highest BCUT2D eigenvalue weighted by atomic mass is 16.5. The zero-order valence-corrected chi connectivity index (χ0v) is 11.5. The van der Waals surface area contributed by atoms with E-state index in [0.717, 1.165) is 25.7 Å². The molecule has 1 aromatic rings. The molecule has 0 atom stereocenters. The smallest absolute Gasteiger partial charge is 0.0713 e. The maximum atomic E-state index is 5.15. The molecule has 0 saturated heterocycles. The topological polar surface area (TPSA) is 24.5 Å². The van der Waals surface area contributed by atoms with E-state index < -0.39 is 0 Å². The Morgan fingerprint density at radius 3 is 2.83 bits per heavy atom. The Bertz CT molecular complexity index is 363. The van der Waals surface area contributed by atoms with E-state index in [9.17, 15) is 0 Å². The van der Waals surface area contributed by atoms with Crippen molar-refractivity contribution < 1.29 is 4.74 Å². The van der Waals surface area contributed by atoms with E-state index in [0.29, 0.717) is 6.61 Å². The molecule has 100 valence electrons. The van der Waals surface area contributed by atoms with Gasteiger partial charge in [0.25, 0.3) is 0 Å². The fourth-order valence-corrected chi connectivity index (χ4v) is 2.18. The van der Waals surface area contributed by atoms with Crippen molar-refractivity contribution in [2.75, 3.05) is 27.2 Å². The van der Waals surface area contributed by atoms with Gasteiger partial charge in [-0.25, -0.2) is 0 Å². The standard InChI is InChI=1S/C15H24N2O/c1-17(15-6-7-15)9-8-16-11-13-4-3-5-14(10-13)12-18-2/h3-5,10,15-16H,6-9,11-12H2,1-2H3. The van der Waals surface area contributed by atoms with Crippen LogP contribution in [0.1, 0.15) is 24.0 Å². The van der Waals surface area contributed by atoms with Gasteiger partial charge in [0.15, 0.2) is 0 Å². The van der Waals surface area contributed by atoms with Gasteiger partial charge in [-0.3, -0.25) is 0 Å². The summed E-state index contributed by atoms with van der Waals surface area (Å²) in [6.07, 6.45) is 2.77. The molecule has 2 rings (SSSR count). The van der Waals surface area contributed by atoms with Gasteiger partial charge in [0.2, 0.25) is 0 Å². The Morgan fingerprint density at radius 2 is 2.11 bits per heavy atom. The number of nitrogens with one attached hydrogen (secondary N) is 1. The molecule has 0 bridgehead atoms. The average molecular weight is 248 g/mol. The molecular weight excluding hydrogens is 224 g/mol. The Morgan fingerprint density at radius 1 is 1.33 bits per heavy atom. The van der Waals surface area contributed by atoms with E-state index in [1.807, 2.05) is 0 Å². The van der Waals surface area contributed by atoms with Gasteiger partial charge in [-0.15, -0.1) is 0 Å². The summed E-state index contributed by atoms with van der Waals surface area (Å²) in [6, 6.07) is 9.43. The first-order valence-corrected chi connectivity index (χ1v) is 6.77. The Hall–Kier alpha value is -0.900. The van der Waals surface area contributed by atoms with Crippen molar-refractivity contribution in [3.05, 3.63) is 35.4 Å². The van der Waals surface area contributed by atoms with Crippen molar-refractivity contribution in [1.29, 1.82) is 0 Å². The second-order valence-electron chi connectivity index (χ2n) is 5.14. The van der Waals surface area contributed by atoms with Gasteiger partial charge in [0.05, 0.1) is 6.61 Å². The number of hydrogen-bond donors (Lipinski definition) is 1. The first-order valence-electron chi connectivity index (χ1n) is 6.77. The van der Waals surface area contributed by atoms with Gasteiger partial charge in [0, 0.05) is 32.8 Å². The van der Waals surface area contributed by atoms with Crippen LogP contribution in [0.2, 0.25) is 0 Å². The highest BCUT2D eigenvalue weighted by molar-refractivity contribution is 5.22.